The molecule has 17 heavy (non-hydrogen) atoms. The first-order valence-electron chi connectivity index (χ1n) is 5.81. The Balaban J connectivity index is 4.22. The monoisotopic (exact) mass is 244 g/mol. The minimum Gasteiger partial charge on any atom is -0.392 e. The van der Waals surface area contributed by atoms with Gasteiger partial charge < -0.3 is 14.6 Å². The molecule has 0 saturated heterocycles. The highest BCUT2D eigenvalue weighted by molar-refractivity contribution is 5.78. The minimum absolute atomic E-state index is 0.00406. The van der Waals surface area contributed by atoms with Crippen LogP contribution in [0, 0.1) is 5.92 Å². The highest BCUT2D eigenvalue weighted by Gasteiger charge is 2.25. The van der Waals surface area contributed by atoms with Crippen molar-refractivity contribution in [3.63, 3.8) is 0 Å². The zero-order chi connectivity index (χ0) is 13.5. The normalized spacial score (nSPS) is 18.2. The third kappa shape index (κ3) is 5.96. The minimum atomic E-state index is -0.641. The number of aliphatic hydroxyl groups excluding tert-OH is 1. The number of ether oxygens (including phenoxy) is 2. The molecule has 0 aromatic rings. The van der Waals surface area contributed by atoms with Crippen molar-refractivity contribution in [1.29, 1.82) is 0 Å². The molecule has 100 valence electrons. The van der Waals surface area contributed by atoms with Gasteiger partial charge in [-0.25, -0.2) is 0 Å². The Bertz CT molecular complexity index is 252. The summed E-state index contributed by atoms with van der Waals surface area (Å²) in [6, 6.07) is 0. The van der Waals surface area contributed by atoms with Crippen molar-refractivity contribution in [3.8, 4) is 0 Å². The number of carbonyl (C=O) groups excluding carboxylic acids is 1. The summed E-state index contributed by atoms with van der Waals surface area (Å²) in [6.45, 7) is 8.99. The van der Waals surface area contributed by atoms with E-state index in [0.717, 1.165) is 0 Å². The fraction of sp³-hybridized carbons (Fsp3) is 0.769. The van der Waals surface area contributed by atoms with Crippen molar-refractivity contribution >= 4 is 5.78 Å². The Labute approximate surface area is 104 Å². The lowest BCUT2D eigenvalue weighted by Crippen LogP contribution is -2.31. The Hall–Kier alpha value is -0.710. The fourth-order valence-corrected chi connectivity index (χ4v) is 1.38. The first-order chi connectivity index (χ1) is 7.86. The van der Waals surface area contributed by atoms with Crippen LogP contribution >= 0.6 is 0 Å². The molecule has 0 fully saturated rings. The molecule has 0 heterocycles. The summed E-state index contributed by atoms with van der Waals surface area (Å²) < 4.78 is 10.3. The highest BCUT2D eigenvalue weighted by atomic mass is 16.7. The molecule has 0 radical (unpaired) electrons. The van der Waals surface area contributed by atoms with Crippen molar-refractivity contribution in [3.05, 3.63) is 12.7 Å². The molecule has 0 aromatic carbocycles. The summed E-state index contributed by atoms with van der Waals surface area (Å²) in [7, 11) is 1.55. The van der Waals surface area contributed by atoms with Gasteiger partial charge in [-0.1, -0.05) is 13.0 Å². The maximum Gasteiger partial charge on any atom is 0.147 e. The van der Waals surface area contributed by atoms with E-state index in [1.165, 1.54) is 6.92 Å². The topological polar surface area (TPSA) is 55.8 Å². The number of rotatable bonds is 9. The molecule has 0 unspecified atom stereocenters. The number of aliphatic hydroxyl groups is 1. The first kappa shape index (κ1) is 16.3. The van der Waals surface area contributed by atoms with Gasteiger partial charge in [0.25, 0.3) is 0 Å². The molecule has 3 atom stereocenters. The van der Waals surface area contributed by atoms with Crippen molar-refractivity contribution in [2.75, 3.05) is 13.9 Å². The quantitative estimate of drug-likeness (QED) is 0.497. The molecule has 0 amide bonds. The first-order valence-corrected chi connectivity index (χ1v) is 5.81. The second-order valence-corrected chi connectivity index (χ2v) is 4.57. The largest absolute Gasteiger partial charge is 0.392 e. The van der Waals surface area contributed by atoms with Gasteiger partial charge in [-0.15, -0.1) is 6.58 Å². The maximum absolute atomic E-state index is 11.1. The Morgan fingerprint density at radius 1 is 1.59 bits per heavy atom. The van der Waals surface area contributed by atoms with E-state index in [2.05, 4.69) is 6.58 Å². The SMILES string of the molecule is C=C[C@@](C)(CC[C@@H](O)[C@H](C)C(C)=O)OCOC. The number of methoxy groups -OCH3 is 1. The summed E-state index contributed by atoms with van der Waals surface area (Å²) >= 11 is 0. The Kier molecular flexibility index (Phi) is 7.27. The van der Waals surface area contributed by atoms with Crippen LogP contribution < -0.4 is 0 Å². The zero-order valence-corrected chi connectivity index (χ0v) is 11.2. The van der Waals surface area contributed by atoms with Crippen molar-refractivity contribution in [1.82, 2.24) is 0 Å². The molecule has 0 aromatic heterocycles. The molecule has 4 nitrogen and oxygen atoms in total. The van der Waals surface area contributed by atoms with Crippen LogP contribution in [0.1, 0.15) is 33.6 Å². The molecule has 0 rings (SSSR count). The summed E-state index contributed by atoms with van der Waals surface area (Å²) in [5.41, 5.74) is -0.534. The van der Waals surface area contributed by atoms with E-state index in [9.17, 15) is 9.90 Å². The lowest BCUT2D eigenvalue weighted by atomic mass is 9.91. The molecule has 0 saturated carbocycles. The second kappa shape index (κ2) is 7.58. The fourth-order valence-electron chi connectivity index (χ4n) is 1.38. The predicted octanol–water partition coefficient (Wildman–Crippen LogP) is 1.92. The van der Waals surface area contributed by atoms with E-state index in [-0.39, 0.29) is 18.5 Å². The van der Waals surface area contributed by atoms with Crippen LogP contribution in [0.5, 0.6) is 0 Å². The third-order valence-electron chi connectivity index (χ3n) is 3.09. The van der Waals surface area contributed by atoms with Gasteiger partial charge in [-0.2, -0.15) is 0 Å². The number of carbonyl (C=O) groups is 1. The number of ketones is 1. The zero-order valence-electron chi connectivity index (χ0n) is 11.2. The van der Waals surface area contributed by atoms with Crippen LogP contribution in [-0.2, 0) is 14.3 Å². The van der Waals surface area contributed by atoms with Gasteiger partial charge in [0.15, 0.2) is 0 Å². The van der Waals surface area contributed by atoms with Gasteiger partial charge >= 0.3 is 0 Å². The van der Waals surface area contributed by atoms with Gasteiger partial charge in [0.05, 0.1) is 11.7 Å². The van der Waals surface area contributed by atoms with E-state index in [1.54, 1.807) is 20.1 Å². The number of hydrogen-bond donors (Lipinski definition) is 1. The van der Waals surface area contributed by atoms with Crippen molar-refractivity contribution < 1.29 is 19.4 Å². The molecule has 0 aliphatic rings. The number of Topliss-reactive ketones (excluding diaryl/α,β-unsaturated/α-hetero) is 1. The van der Waals surface area contributed by atoms with Crippen LogP contribution in [0.3, 0.4) is 0 Å². The van der Waals surface area contributed by atoms with Crippen LogP contribution in [0.15, 0.2) is 12.7 Å². The van der Waals surface area contributed by atoms with Gasteiger partial charge in [0, 0.05) is 13.0 Å². The van der Waals surface area contributed by atoms with Gasteiger partial charge in [-0.3, -0.25) is 4.79 Å². The van der Waals surface area contributed by atoms with Crippen LogP contribution in [0.2, 0.25) is 0 Å². The second-order valence-electron chi connectivity index (χ2n) is 4.57. The summed E-state index contributed by atoms with van der Waals surface area (Å²) in [5, 5.41) is 9.83. The summed E-state index contributed by atoms with van der Waals surface area (Å²) in [5.74, 6) is -0.345. The molecule has 0 aliphatic carbocycles. The summed E-state index contributed by atoms with van der Waals surface area (Å²) in [6.07, 6.45) is 2.14. The Morgan fingerprint density at radius 2 is 2.18 bits per heavy atom. The highest BCUT2D eigenvalue weighted by Crippen LogP contribution is 2.22. The van der Waals surface area contributed by atoms with Gasteiger partial charge in [0.1, 0.15) is 12.6 Å². The van der Waals surface area contributed by atoms with Crippen LogP contribution in [-0.4, -0.2) is 36.5 Å². The lowest BCUT2D eigenvalue weighted by Gasteiger charge is -2.27. The van der Waals surface area contributed by atoms with Crippen molar-refractivity contribution in [2.24, 2.45) is 5.92 Å². The van der Waals surface area contributed by atoms with Crippen molar-refractivity contribution in [2.45, 2.75) is 45.3 Å². The number of hydrogen-bond acceptors (Lipinski definition) is 4. The maximum atomic E-state index is 11.1. The van der Waals surface area contributed by atoms with Crippen LogP contribution in [0.4, 0.5) is 0 Å². The van der Waals surface area contributed by atoms with E-state index in [4.69, 9.17) is 9.47 Å². The molecule has 0 bridgehead atoms. The molecule has 1 N–H and O–H groups in total. The van der Waals surface area contributed by atoms with E-state index < -0.39 is 11.7 Å². The van der Waals surface area contributed by atoms with Gasteiger partial charge in [-0.05, 0) is 26.7 Å². The predicted molar refractivity (Wildman–Crippen MR) is 66.6 cm³/mol. The standard InChI is InChI=1S/C13H24O4/c1-6-13(4,17-9-16-5)8-7-12(15)10(2)11(3)14/h6,10,12,15H,1,7-9H2,2-5H3/t10-,12-,13+/m1/s1. The molecule has 0 aliphatic heterocycles. The van der Waals surface area contributed by atoms with E-state index in [0.29, 0.717) is 12.8 Å². The third-order valence-corrected chi connectivity index (χ3v) is 3.09. The van der Waals surface area contributed by atoms with E-state index >= 15 is 0 Å². The molecular formula is C13H24O4. The smallest absolute Gasteiger partial charge is 0.147 e. The average molecular weight is 244 g/mol. The molecule has 4 heteroatoms. The molecular weight excluding hydrogens is 220 g/mol. The summed E-state index contributed by atoms with van der Waals surface area (Å²) in [4.78, 5) is 11.1. The average Bonchev–Trinajstić information content (AvgIpc) is 2.32. The molecule has 0 spiro atoms. The lowest BCUT2D eigenvalue weighted by molar-refractivity contribution is -0.125. The van der Waals surface area contributed by atoms with Gasteiger partial charge in [0.2, 0.25) is 0 Å². The van der Waals surface area contributed by atoms with Crippen LogP contribution in [0.25, 0.3) is 0 Å². The van der Waals surface area contributed by atoms with E-state index in [1.807, 2.05) is 6.92 Å². The Morgan fingerprint density at radius 3 is 2.59 bits per heavy atom.